The van der Waals surface area contributed by atoms with Gasteiger partial charge in [-0.2, -0.15) is 0 Å². The van der Waals surface area contributed by atoms with Crippen LogP contribution in [0.3, 0.4) is 0 Å². The van der Waals surface area contributed by atoms with Crippen molar-refractivity contribution < 1.29 is 4.79 Å². The number of nitrogens with zero attached hydrogens (tertiary/aromatic N) is 1. The van der Waals surface area contributed by atoms with Crippen molar-refractivity contribution >= 4 is 5.91 Å². The number of hydrogen-bond donors (Lipinski definition) is 0. The lowest BCUT2D eigenvalue weighted by Gasteiger charge is -2.23. The molecule has 2 nitrogen and oxygen atoms in total. The number of rotatable bonds is 1. The minimum absolute atomic E-state index is 0.159. The summed E-state index contributed by atoms with van der Waals surface area (Å²) in [5, 5.41) is 0. The monoisotopic (exact) mass is 265 g/mol. The Bertz CT molecular complexity index is 598. The average Bonchev–Trinajstić information content (AvgIpc) is 2.63. The molecule has 0 bridgehead atoms. The SMILES string of the molecule is CN(C)C(=O)C1c2ccccc2CCc2ccccc21. The molecule has 3 rings (SSSR count). The van der Waals surface area contributed by atoms with E-state index in [1.807, 2.05) is 26.2 Å². The first-order valence-corrected chi connectivity index (χ1v) is 7.05. The van der Waals surface area contributed by atoms with E-state index < -0.39 is 0 Å². The molecule has 1 aliphatic carbocycles. The Morgan fingerprint density at radius 1 is 0.900 bits per heavy atom. The minimum atomic E-state index is -0.167. The number of hydrogen-bond acceptors (Lipinski definition) is 1. The van der Waals surface area contributed by atoms with Crippen molar-refractivity contribution in [2.45, 2.75) is 18.8 Å². The summed E-state index contributed by atoms with van der Waals surface area (Å²) in [6.45, 7) is 0. The molecule has 0 radical (unpaired) electrons. The molecule has 0 aliphatic heterocycles. The van der Waals surface area contributed by atoms with Crippen LogP contribution in [0, 0.1) is 0 Å². The molecule has 2 aromatic rings. The zero-order chi connectivity index (χ0) is 14.1. The number of amides is 1. The third-order valence-electron chi connectivity index (χ3n) is 4.08. The Balaban J connectivity index is 2.21. The molecule has 0 aromatic heterocycles. The van der Waals surface area contributed by atoms with Crippen LogP contribution in [-0.4, -0.2) is 24.9 Å². The van der Waals surface area contributed by atoms with Crippen LogP contribution >= 0.6 is 0 Å². The number of benzene rings is 2. The zero-order valence-electron chi connectivity index (χ0n) is 12.0. The molecule has 2 aromatic carbocycles. The van der Waals surface area contributed by atoms with Gasteiger partial charge in [-0.25, -0.2) is 0 Å². The van der Waals surface area contributed by atoms with E-state index in [4.69, 9.17) is 0 Å². The minimum Gasteiger partial charge on any atom is -0.348 e. The molecule has 20 heavy (non-hydrogen) atoms. The van der Waals surface area contributed by atoms with Gasteiger partial charge in [0.15, 0.2) is 0 Å². The summed E-state index contributed by atoms with van der Waals surface area (Å²) >= 11 is 0. The fourth-order valence-electron chi connectivity index (χ4n) is 3.05. The van der Waals surface area contributed by atoms with Gasteiger partial charge in [0.05, 0.1) is 5.92 Å². The molecule has 0 N–H and O–H groups in total. The van der Waals surface area contributed by atoms with E-state index in [1.54, 1.807) is 4.90 Å². The molecule has 0 unspecified atom stereocenters. The normalized spacial score (nSPS) is 14.1. The summed E-state index contributed by atoms with van der Waals surface area (Å²) in [5.41, 5.74) is 4.92. The maximum atomic E-state index is 12.7. The second-order valence-electron chi connectivity index (χ2n) is 5.56. The highest BCUT2D eigenvalue weighted by Gasteiger charge is 2.29. The summed E-state index contributed by atoms with van der Waals surface area (Å²) in [6, 6.07) is 16.7. The topological polar surface area (TPSA) is 20.3 Å². The van der Waals surface area contributed by atoms with Gasteiger partial charge in [-0.1, -0.05) is 48.5 Å². The lowest BCUT2D eigenvalue weighted by Crippen LogP contribution is -2.29. The van der Waals surface area contributed by atoms with Crippen molar-refractivity contribution in [3.63, 3.8) is 0 Å². The Morgan fingerprint density at radius 3 is 1.80 bits per heavy atom. The molecule has 2 heteroatoms. The number of fused-ring (bicyclic) bond motifs is 2. The molecule has 102 valence electrons. The molecule has 0 fully saturated rings. The molecule has 0 saturated heterocycles. The maximum absolute atomic E-state index is 12.7. The van der Waals surface area contributed by atoms with Gasteiger partial charge >= 0.3 is 0 Å². The highest BCUT2D eigenvalue weighted by molar-refractivity contribution is 5.88. The first-order chi connectivity index (χ1) is 9.68. The summed E-state index contributed by atoms with van der Waals surface area (Å²) < 4.78 is 0. The molecule has 0 heterocycles. The van der Waals surface area contributed by atoms with Crippen LogP contribution in [0.2, 0.25) is 0 Å². The van der Waals surface area contributed by atoms with Crippen LogP contribution in [0.25, 0.3) is 0 Å². The quantitative estimate of drug-likeness (QED) is 0.776. The Kier molecular flexibility index (Phi) is 3.31. The molecule has 1 aliphatic rings. The summed E-state index contributed by atoms with van der Waals surface area (Å²) in [6.07, 6.45) is 2.01. The summed E-state index contributed by atoms with van der Waals surface area (Å²) in [5.74, 6) is -0.00769. The lowest BCUT2D eigenvalue weighted by atomic mass is 9.87. The fourth-order valence-corrected chi connectivity index (χ4v) is 3.05. The predicted molar refractivity (Wildman–Crippen MR) is 80.8 cm³/mol. The maximum Gasteiger partial charge on any atom is 0.234 e. The second kappa shape index (κ2) is 5.12. The molecular weight excluding hydrogens is 246 g/mol. The van der Waals surface area contributed by atoms with E-state index in [1.165, 1.54) is 11.1 Å². The van der Waals surface area contributed by atoms with Crippen LogP contribution in [0.4, 0.5) is 0 Å². The van der Waals surface area contributed by atoms with E-state index in [0.29, 0.717) is 0 Å². The fraction of sp³-hybridized carbons (Fsp3) is 0.278. The Hall–Kier alpha value is -2.09. The zero-order valence-corrected chi connectivity index (χ0v) is 12.0. The van der Waals surface area contributed by atoms with Crippen LogP contribution in [0.15, 0.2) is 48.5 Å². The number of carbonyl (C=O) groups is 1. The Morgan fingerprint density at radius 2 is 1.35 bits per heavy atom. The van der Waals surface area contributed by atoms with Gasteiger partial charge in [0.25, 0.3) is 0 Å². The number of carbonyl (C=O) groups excluding carboxylic acids is 1. The molecule has 1 amide bonds. The van der Waals surface area contributed by atoms with Gasteiger partial charge in [-0.05, 0) is 35.1 Å². The van der Waals surface area contributed by atoms with Gasteiger partial charge in [-0.3, -0.25) is 4.79 Å². The van der Waals surface area contributed by atoms with E-state index in [2.05, 4.69) is 36.4 Å². The summed E-state index contributed by atoms with van der Waals surface area (Å²) in [4.78, 5) is 14.4. The smallest absolute Gasteiger partial charge is 0.234 e. The van der Waals surface area contributed by atoms with Crippen molar-refractivity contribution in [3.8, 4) is 0 Å². The summed E-state index contributed by atoms with van der Waals surface area (Å²) in [7, 11) is 3.66. The molecule has 0 atom stereocenters. The Labute approximate surface area is 120 Å². The first kappa shape index (κ1) is 12.9. The van der Waals surface area contributed by atoms with Crippen molar-refractivity contribution in [2.75, 3.05) is 14.1 Å². The largest absolute Gasteiger partial charge is 0.348 e. The highest BCUT2D eigenvalue weighted by Crippen LogP contribution is 2.35. The van der Waals surface area contributed by atoms with E-state index >= 15 is 0 Å². The van der Waals surface area contributed by atoms with E-state index in [9.17, 15) is 4.79 Å². The van der Waals surface area contributed by atoms with Crippen molar-refractivity contribution in [1.82, 2.24) is 4.90 Å². The average molecular weight is 265 g/mol. The molecule has 0 saturated carbocycles. The first-order valence-electron chi connectivity index (χ1n) is 7.05. The number of likely N-dealkylation sites (N-methyl/N-ethyl adjacent to an activating group) is 1. The van der Waals surface area contributed by atoms with Crippen molar-refractivity contribution in [2.24, 2.45) is 0 Å². The van der Waals surface area contributed by atoms with E-state index in [-0.39, 0.29) is 11.8 Å². The van der Waals surface area contributed by atoms with Crippen LogP contribution in [0.1, 0.15) is 28.2 Å². The second-order valence-corrected chi connectivity index (χ2v) is 5.56. The third kappa shape index (κ3) is 2.11. The third-order valence-corrected chi connectivity index (χ3v) is 4.08. The van der Waals surface area contributed by atoms with Crippen molar-refractivity contribution in [1.29, 1.82) is 0 Å². The lowest BCUT2D eigenvalue weighted by molar-refractivity contribution is -0.129. The van der Waals surface area contributed by atoms with Gasteiger partial charge in [0, 0.05) is 14.1 Å². The van der Waals surface area contributed by atoms with E-state index in [0.717, 1.165) is 24.0 Å². The van der Waals surface area contributed by atoms with Gasteiger partial charge in [-0.15, -0.1) is 0 Å². The molecule has 0 spiro atoms. The van der Waals surface area contributed by atoms with Crippen LogP contribution < -0.4 is 0 Å². The molecular formula is C18H19NO. The van der Waals surface area contributed by atoms with Gasteiger partial charge in [0.2, 0.25) is 5.91 Å². The predicted octanol–water partition coefficient (Wildman–Crippen LogP) is 3.01. The highest BCUT2D eigenvalue weighted by atomic mass is 16.2. The van der Waals surface area contributed by atoms with Gasteiger partial charge < -0.3 is 4.90 Å². The van der Waals surface area contributed by atoms with Crippen molar-refractivity contribution in [3.05, 3.63) is 70.8 Å². The standard InChI is InChI=1S/C18H19NO/c1-19(2)18(20)17-15-9-5-3-7-13(15)11-12-14-8-4-6-10-16(14)17/h3-10,17H,11-12H2,1-2H3. The van der Waals surface area contributed by atoms with Crippen LogP contribution in [-0.2, 0) is 17.6 Å². The van der Waals surface area contributed by atoms with Gasteiger partial charge in [0.1, 0.15) is 0 Å². The van der Waals surface area contributed by atoms with Crippen LogP contribution in [0.5, 0.6) is 0 Å². The number of aryl methyl sites for hydroxylation is 2.